The smallest absolute Gasteiger partial charge is 0.263 e. The maximum Gasteiger partial charge on any atom is 0.263 e. The molecule has 0 aromatic heterocycles. The first kappa shape index (κ1) is 14.3. The van der Waals surface area contributed by atoms with Gasteiger partial charge in [-0.15, -0.1) is 12.4 Å². The Morgan fingerprint density at radius 2 is 2.05 bits per heavy atom. The lowest BCUT2D eigenvalue weighted by Gasteiger charge is -2.19. The van der Waals surface area contributed by atoms with Gasteiger partial charge < -0.3 is 5.32 Å². The Balaban J connectivity index is 0.00000133. The van der Waals surface area contributed by atoms with Crippen molar-refractivity contribution in [3.63, 3.8) is 0 Å². The van der Waals surface area contributed by atoms with E-state index >= 15 is 0 Å². The summed E-state index contributed by atoms with van der Waals surface area (Å²) in [4.78, 5) is 4.86. The third-order valence-corrected chi connectivity index (χ3v) is 4.64. The Kier molecular flexibility index (Phi) is 4.13. The van der Waals surface area contributed by atoms with Gasteiger partial charge in [0, 0.05) is 12.1 Å². The third kappa shape index (κ3) is 2.75. The molecule has 2 aliphatic rings. The van der Waals surface area contributed by atoms with Crippen molar-refractivity contribution in [2.75, 3.05) is 13.1 Å². The molecular formula is C12H16ClN3O2S. The number of benzene rings is 1. The summed E-state index contributed by atoms with van der Waals surface area (Å²) in [6.45, 7) is 1.83. The van der Waals surface area contributed by atoms with Crippen molar-refractivity contribution in [3.05, 3.63) is 29.8 Å². The minimum atomic E-state index is -3.41. The van der Waals surface area contributed by atoms with Crippen LogP contribution in [0.15, 0.2) is 34.2 Å². The number of aliphatic imine (C=N–C) groups is 1. The average Bonchev–Trinajstić information content (AvgIpc) is 2.63. The molecule has 0 amide bonds. The number of rotatable bonds is 1. The number of hydrogen-bond donors (Lipinski definition) is 2. The van der Waals surface area contributed by atoms with Crippen LogP contribution in [0.3, 0.4) is 0 Å². The van der Waals surface area contributed by atoms with E-state index < -0.39 is 10.0 Å². The van der Waals surface area contributed by atoms with Crippen LogP contribution in [0.4, 0.5) is 0 Å². The number of hydrogen-bond acceptors (Lipinski definition) is 4. The average molecular weight is 302 g/mol. The molecule has 1 saturated heterocycles. The van der Waals surface area contributed by atoms with Gasteiger partial charge in [0.2, 0.25) is 0 Å². The van der Waals surface area contributed by atoms with Gasteiger partial charge in [0.05, 0.1) is 10.9 Å². The van der Waals surface area contributed by atoms with Gasteiger partial charge in [0.1, 0.15) is 5.84 Å². The number of nitrogens with one attached hydrogen (secondary N) is 2. The Hall–Kier alpha value is -1.11. The predicted molar refractivity (Wildman–Crippen MR) is 76.4 cm³/mol. The lowest BCUT2D eigenvalue weighted by molar-refractivity contribution is 0.460. The van der Waals surface area contributed by atoms with Crippen LogP contribution in [0.1, 0.15) is 18.4 Å². The molecule has 104 valence electrons. The van der Waals surface area contributed by atoms with E-state index in [4.69, 9.17) is 0 Å². The van der Waals surface area contributed by atoms with Crippen LogP contribution in [0.2, 0.25) is 0 Å². The Bertz CT molecular complexity index is 595. The molecule has 0 bridgehead atoms. The summed E-state index contributed by atoms with van der Waals surface area (Å²) in [5.41, 5.74) is 0.683. The third-order valence-electron chi connectivity index (χ3n) is 3.25. The number of amidine groups is 1. The second-order valence-corrected chi connectivity index (χ2v) is 6.23. The Morgan fingerprint density at radius 1 is 1.26 bits per heavy atom. The van der Waals surface area contributed by atoms with Crippen LogP contribution in [0.25, 0.3) is 0 Å². The van der Waals surface area contributed by atoms with E-state index in [0.29, 0.717) is 16.3 Å². The van der Waals surface area contributed by atoms with E-state index in [1.165, 1.54) is 0 Å². The van der Waals surface area contributed by atoms with E-state index in [9.17, 15) is 8.42 Å². The molecular weight excluding hydrogens is 286 g/mol. The minimum absolute atomic E-state index is 0. The molecule has 0 aliphatic carbocycles. The minimum Gasteiger partial charge on any atom is -0.315 e. The zero-order chi connectivity index (χ0) is 12.6. The number of sulfonamides is 1. The molecule has 1 fully saturated rings. The van der Waals surface area contributed by atoms with Gasteiger partial charge in [-0.05, 0) is 31.5 Å². The van der Waals surface area contributed by atoms with Crippen LogP contribution in [-0.4, -0.2) is 33.4 Å². The molecule has 19 heavy (non-hydrogen) atoms. The molecule has 1 atom stereocenters. The fraction of sp³-hybridized carbons (Fsp3) is 0.417. The Labute approximate surface area is 119 Å². The highest BCUT2D eigenvalue weighted by Crippen LogP contribution is 2.23. The van der Waals surface area contributed by atoms with Gasteiger partial charge >= 0.3 is 0 Å². The largest absolute Gasteiger partial charge is 0.315 e. The summed E-state index contributed by atoms with van der Waals surface area (Å²) in [5.74, 6) is 0.485. The number of piperidine rings is 1. The maximum absolute atomic E-state index is 11.9. The van der Waals surface area contributed by atoms with Crippen molar-refractivity contribution in [2.45, 2.75) is 23.8 Å². The van der Waals surface area contributed by atoms with Crippen molar-refractivity contribution in [2.24, 2.45) is 4.99 Å². The standard InChI is InChI=1S/C12H15N3O2S.ClH/c16-18(17)11-6-2-1-5-10(11)12(15-18)14-9-4-3-7-13-8-9;/h1-2,5-6,9,13H,3-4,7-8H2,(H,14,15);1H/t9-;/m1./s1. The van der Waals surface area contributed by atoms with Gasteiger partial charge in [0.15, 0.2) is 0 Å². The van der Waals surface area contributed by atoms with Crippen LogP contribution in [0.5, 0.6) is 0 Å². The van der Waals surface area contributed by atoms with E-state index in [1.54, 1.807) is 18.2 Å². The maximum atomic E-state index is 11.9. The van der Waals surface area contributed by atoms with Gasteiger partial charge in [-0.1, -0.05) is 12.1 Å². The molecule has 2 heterocycles. The summed E-state index contributed by atoms with van der Waals surface area (Å²) < 4.78 is 26.3. The van der Waals surface area contributed by atoms with Gasteiger partial charge in [0.25, 0.3) is 10.0 Å². The first-order chi connectivity index (χ1) is 8.67. The molecule has 0 saturated carbocycles. The van der Waals surface area contributed by atoms with E-state index in [0.717, 1.165) is 25.9 Å². The summed E-state index contributed by atoms with van der Waals surface area (Å²) in [6, 6.07) is 7.11. The normalized spacial score (nSPS) is 26.3. The summed E-state index contributed by atoms with van der Waals surface area (Å²) in [5, 5.41) is 3.27. The van der Waals surface area contributed by atoms with E-state index in [1.807, 2.05) is 6.07 Å². The first-order valence-electron chi connectivity index (χ1n) is 6.07. The molecule has 3 rings (SSSR count). The van der Waals surface area contributed by atoms with Crippen molar-refractivity contribution in [1.29, 1.82) is 0 Å². The molecule has 1 aromatic rings. The summed E-state index contributed by atoms with van der Waals surface area (Å²) in [7, 11) is -3.41. The van der Waals surface area contributed by atoms with Crippen LogP contribution >= 0.6 is 12.4 Å². The first-order valence-corrected chi connectivity index (χ1v) is 7.56. The lowest BCUT2D eigenvalue weighted by Crippen LogP contribution is -2.34. The zero-order valence-corrected chi connectivity index (χ0v) is 11.9. The van der Waals surface area contributed by atoms with Crippen LogP contribution in [0, 0.1) is 0 Å². The molecule has 0 spiro atoms. The molecule has 0 radical (unpaired) electrons. The van der Waals surface area contributed by atoms with E-state index in [2.05, 4.69) is 15.0 Å². The van der Waals surface area contributed by atoms with Gasteiger partial charge in [-0.2, -0.15) is 0 Å². The molecule has 7 heteroatoms. The van der Waals surface area contributed by atoms with Crippen molar-refractivity contribution < 1.29 is 8.42 Å². The van der Waals surface area contributed by atoms with Crippen molar-refractivity contribution in [1.82, 2.24) is 10.0 Å². The Morgan fingerprint density at radius 3 is 2.79 bits per heavy atom. The number of halogens is 1. The molecule has 2 aliphatic heterocycles. The zero-order valence-electron chi connectivity index (χ0n) is 10.3. The van der Waals surface area contributed by atoms with Crippen LogP contribution in [-0.2, 0) is 10.0 Å². The fourth-order valence-electron chi connectivity index (χ4n) is 2.36. The molecule has 5 nitrogen and oxygen atoms in total. The van der Waals surface area contributed by atoms with Crippen molar-refractivity contribution in [3.8, 4) is 0 Å². The number of fused-ring (bicyclic) bond motifs is 1. The van der Waals surface area contributed by atoms with Gasteiger partial charge in [-0.3, -0.25) is 9.71 Å². The van der Waals surface area contributed by atoms with Gasteiger partial charge in [-0.25, -0.2) is 8.42 Å². The molecule has 0 unspecified atom stereocenters. The SMILES string of the molecule is Cl.O=S1(=O)NC(=N[C@@H]2CCCNC2)c2ccccc21. The predicted octanol–water partition coefficient (Wildman–Crippen LogP) is 0.899. The van der Waals surface area contributed by atoms with E-state index in [-0.39, 0.29) is 18.4 Å². The molecule has 2 N–H and O–H groups in total. The van der Waals surface area contributed by atoms with Crippen LogP contribution < -0.4 is 10.0 Å². The second-order valence-electron chi connectivity index (χ2n) is 4.58. The topological polar surface area (TPSA) is 70.6 Å². The second kappa shape index (κ2) is 5.48. The van der Waals surface area contributed by atoms with Crippen molar-refractivity contribution >= 4 is 28.3 Å². The monoisotopic (exact) mass is 301 g/mol. The summed E-state index contributed by atoms with van der Waals surface area (Å²) in [6.07, 6.45) is 2.08. The number of nitrogens with zero attached hydrogens (tertiary/aromatic N) is 1. The highest BCUT2D eigenvalue weighted by Gasteiger charge is 2.30. The molecule has 1 aromatic carbocycles. The lowest BCUT2D eigenvalue weighted by atomic mass is 10.1. The highest BCUT2D eigenvalue weighted by atomic mass is 35.5. The fourth-order valence-corrected chi connectivity index (χ4v) is 3.60. The quantitative estimate of drug-likeness (QED) is 0.809. The summed E-state index contributed by atoms with van der Waals surface area (Å²) >= 11 is 0. The highest BCUT2D eigenvalue weighted by molar-refractivity contribution is 7.90.